The zero-order valence-electron chi connectivity index (χ0n) is 26.1. The van der Waals surface area contributed by atoms with Gasteiger partial charge in [0.2, 0.25) is 0 Å². The molecule has 1 heterocycles. The van der Waals surface area contributed by atoms with Crippen LogP contribution >= 0.6 is 7.82 Å². The van der Waals surface area contributed by atoms with Gasteiger partial charge >= 0.3 is 14.0 Å². The standard InChI is InChI=1S/C31H41F5NO6P/c1-21-37-30(19-40-21,20-41-44(38,42-28(2,3)4)43-29(5,6)7)15-14-23-11-13-27(24(17-23)31(34,35)36)39-16-8-9-22-10-12-25(32)26(33)18-22/h10-13,17-18H,8-9,14-16,19-20H2,1-7H3. The Bertz CT molecular complexity index is 1350. The van der Waals surface area contributed by atoms with Crippen molar-refractivity contribution in [2.75, 3.05) is 19.8 Å². The van der Waals surface area contributed by atoms with E-state index in [-0.39, 0.29) is 38.4 Å². The maximum absolute atomic E-state index is 14.0. The molecule has 0 fully saturated rings. The number of alkyl halides is 3. The first-order valence-corrected chi connectivity index (χ1v) is 15.8. The molecule has 246 valence electrons. The summed E-state index contributed by atoms with van der Waals surface area (Å²) >= 11 is 0. The maximum atomic E-state index is 14.0. The van der Waals surface area contributed by atoms with E-state index < -0.39 is 47.9 Å². The van der Waals surface area contributed by atoms with Gasteiger partial charge in [-0.2, -0.15) is 13.2 Å². The monoisotopic (exact) mass is 649 g/mol. The highest BCUT2D eigenvalue weighted by Crippen LogP contribution is 2.56. The minimum absolute atomic E-state index is 0.0550. The number of phosphoric ester groups is 1. The van der Waals surface area contributed by atoms with Crippen LogP contribution in [0.25, 0.3) is 0 Å². The molecule has 1 aliphatic rings. The SMILES string of the molecule is CC1=NC(CCc2ccc(OCCCc3ccc(F)c(F)c3)c(C(F)(F)F)c2)(COP(=O)(OC(C)(C)C)OC(C)(C)C)CO1. The van der Waals surface area contributed by atoms with Gasteiger partial charge in [0.15, 0.2) is 17.5 Å². The van der Waals surface area contributed by atoms with Gasteiger partial charge < -0.3 is 9.47 Å². The topological polar surface area (TPSA) is 75.6 Å². The van der Waals surface area contributed by atoms with Crippen LogP contribution in [-0.4, -0.2) is 42.5 Å². The van der Waals surface area contributed by atoms with Crippen LogP contribution in [0.5, 0.6) is 5.75 Å². The first kappa shape index (κ1) is 35.9. The molecule has 13 heteroatoms. The van der Waals surface area contributed by atoms with Crippen molar-refractivity contribution >= 4 is 13.7 Å². The fraction of sp³-hybridized carbons (Fsp3) is 0.581. The second-order valence-electron chi connectivity index (χ2n) is 12.8. The number of phosphoric acid groups is 1. The lowest BCUT2D eigenvalue weighted by Gasteiger charge is -2.33. The number of nitrogens with zero attached hydrogens (tertiary/aromatic N) is 1. The van der Waals surface area contributed by atoms with Crippen LogP contribution in [0, 0.1) is 11.6 Å². The fourth-order valence-corrected chi connectivity index (χ4v) is 6.35. The van der Waals surface area contributed by atoms with E-state index in [0.29, 0.717) is 29.9 Å². The van der Waals surface area contributed by atoms with Gasteiger partial charge in [-0.05, 0) is 103 Å². The van der Waals surface area contributed by atoms with Crippen LogP contribution < -0.4 is 4.74 Å². The molecular formula is C31H41F5NO6P. The molecule has 2 aromatic rings. The molecule has 0 bridgehead atoms. The number of hydrogen-bond acceptors (Lipinski definition) is 7. The molecule has 0 aromatic heterocycles. The Morgan fingerprint density at radius 2 is 1.52 bits per heavy atom. The van der Waals surface area contributed by atoms with Crippen LogP contribution in [0.1, 0.15) is 78.0 Å². The third kappa shape index (κ3) is 11.1. The Hall–Kier alpha value is -2.53. The predicted octanol–water partition coefficient (Wildman–Crippen LogP) is 8.87. The molecule has 0 saturated carbocycles. The summed E-state index contributed by atoms with van der Waals surface area (Å²) in [5.74, 6) is -1.91. The third-order valence-electron chi connectivity index (χ3n) is 6.29. The number of rotatable bonds is 13. The Morgan fingerprint density at radius 3 is 2.07 bits per heavy atom. The summed E-state index contributed by atoms with van der Waals surface area (Å²) in [6, 6.07) is 7.31. The van der Waals surface area contributed by atoms with Gasteiger partial charge in [-0.15, -0.1) is 0 Å². The fourth-order valence-electron chi connectivity index (χ4n) is 4.46. The van der Waals surface area contributed by atoms with Crippen LogP contribution in [0.3, 0.4) is 0 Å². The second-order valence-corrected chi connectivity index (χ2v) is 14.3. The van der Waals surface area contributed by atoms with Crippen LogP contribution in [0.4, 0.5) is 22.0 Å². The van der Waals surface area contributed by atoms with Gasteiger partial charge in [-0.25, -0.2) is 18.3 Å². The predicted molar refractivity (Wildman–Crippen MR) is 157 cm³/mol. The van der Waals surface area contributed by atoms with Crippen molar-refractivity contribution in [1.82, 2.24) is 0 Å². The number of benzene rings is 2. The lowest BCUT2D eigenvalue weighted by molar-refractivity contribution is -0.139. The molecule has 3 rings (SSSR count). The van der Waals surface area contributed by atoms with Gasteiger partial charge in [-0.1, -0.05) is 12.1 Å². The maximum Gasteiger partial charge on any atom is 0.475 e. The molecule has 1 unspecified atom stereocenters. The summed E-state index contributed by atoms with van der Waals surface area (Å²) in [6.45, 7) is 11.7. The van der Waals surface area contributed by atoms with E-state index in [1.165, 1.54) is 18.2 Å². The summed E-state index contributed by atoms with van der Waals surface area (Å²) < 4.78 is 110. The Kier molecular flexibility index (Phi) is 11.3. The number of aryl methyl sites for hydroxylation is 2. The van der Waals surface area contributed by atoms with E-state index in [1.807, 2.05) is 0 Å². The Balaban J connectivity index is 1.71. The van der Waals surface area contributed by atoms with Crippen molar-refractivity contribution in [3.8, 4) is 5.75 Å². The summed E-state index contributed by atoms with van der Waals surface area (Å²) in [4.78, 5) is 4.55. The van der Waals surface area contributed by atoms with Gasteiger partial charge in [0.1, 0.15) is 17.9 Å². The van der Waals surface area contributed by atoms with Crippen molar-refractivity contribution in [3.63, 3.8) is 0 Å². The number of halogens is 5. The van der Waals surface area contributed by atoms with Gasteiger partial charge in [-0.3, -0.25) is 13.6 Å². The molecule has 0 N–H and O–H groups in total. The highest BCUT2D eigenvalue weighted by molar-refractivity contribution is 7.48. The average molecular weight is 650 g/mol. The van der Waals surface area contributed by atoms with Crippen LogP contribution in [0.2, 0.25) is 0 Å². The lowest BCUT2D eigenvalue weighted by atomic mass is 9.93. The van der Waals surface area contributed by atoms with Crippen LogP contribution in [-0.2, 0) is 41.9 Å². The lowest BCUT2D eigenvalue weighted by Crippen LogP contribution is -2.36. The van der Waals surface area contributed by atoms with E-state index in [0.717, 1.165) is 18.2 Å². The number of ether oxygens (including phenoxy) is 2. The number of hydrogen-bond donors (Lipinski definition) is 0. The summed E-state index contributed by atoms with van der Waals surface area (Å²) in [6.07, 6.45) is -3.68. The first-order valence-electron chi connectivity index (χ1n) is 14.3. The molecule has 0 aliphatic carbocycles. The van der Waals surface area contributed by atoms with Crippen molar-refractivity contribution in [1.29, 1.82) is 0 Å². The first-order chi connectivity index (χ1) is 20.2. The molecule has 44 heavy (non-hydrogen) atoms. The molecule has 0 radical (unpaired) electrons. The third-order valence-corrected chi connectivity index (χ3v) is 8.27. The summed E-state index contributed by atoms with van der Waals surface area (Å²) in [5, 5.41) is 0. The molecular weight excluding hydrogens is 608 g/mol. The van der Waals surface area contributed by atoms with Gasteiger partial charge in [0, 0.05) is 6.92 Å². The highest BCUT2D eigenvalue weighted by Gasteiger charge is 2.43. The zero-order valence-corrected chi connectivity index (χ0v) is 27.0. The summed E-state index contributed by atoms with van der Waals surface area (Å²) in [5.41, 5.74) is -2.78. The van der Waals surface area contributed by atoms with E-state index in [4.69, 9.17) is 23.0 Å². The van der Waals surface area contributed by atoms with Crippen molar-refractivity contribution in [3.05, 3.63) is 64.7 Å². The number of aliphatic imine (C=N–C) groups is 1. The molecule has 1 atom stereocenters. The van der Waals surface area contributed by atoms with Crippen molar-refractivity contribution in [2.24, 2.45) is 4.99 Å². The van der Waals surface area contributed by atoms with E-state index >= 15 is 0 Å². The minimum Gasteiger partial charge on any atom is -0.493 e. The van der Waals surface area contributed by atoms with Crippen LogP contribution in [0.15, 0.2) is 41.4 Å². The normalized spacial score (nSPS) is 17.9. The molecule has 1 aliphatic heterocycles. The molecule has 7 nitrogen and oxygen atoms in total. The van der Waals surface area contributed by atoms with E-state index in [9.17, 15) is 26.5 Å². The quantitative estimate of drug-likeness (QED) is 0.123. The molecule has 0 spiro atoms. The summed E-state index contributed by atoms with van der Waals surface area (Å²) in [7, 11) is -4.07. The average Bonchev–Trinajstić information content (AvgIpc) is 3.25. The van der Waals surface area contributed by atoms with Crippen molar-refractivity contribution in [2.45, 2.75) is 97.1 Å². The Morgan fingerprint density at radius 1 is 0.909 bits per heavy atom. The van der Waals surface area contributed by atoms with E-state index in [2.05, 4.69) is 4.99 Å². The van der Waals surface area contributed by atoms with Gasteiger partial charge in [0.05, 0.1) is 30.0 Å². The molecule has 2 aromatic carbocycles. The smallest absolute Gasteiger partial charge is 0.475 e. The molecule has 0 saturated heterocycles. The molecule has 0 amide bonds. The van der Waals surface area contributed by atoms with Crippen molar-refractivity contribution < 1.29 is 49.6 Å². The minimum atomic E-state index is -4.68. The van der Waals surface area contributed by atoms with E-state index in [1.54, 1.807) is 48.5 Å². The highest BCUT2D eigenvalue weighted by atomic mass is 31.2. The second kappa shape index (κ2) is 13.8. The Labute approximate surface area is 255 Å². The largest absolute Gasteiger partial charge is 0.493 e. The zero-order chi connectivity index (χ0) is 33.0. The van der Waals surface area contributed by atoms with Gasteiger partial charge in [0.25, 0.3) is 0 Å².